The second-order valence-electron chi connectivity index (χ2n) is 7.17. The minimum Gasteiger partial charge on any atom is -0.372 e. The van der Waals surface area contributed by atoms with Crippen molar-refractivity contribution in [3.05, 3.63) is 65.6 Å². The molecule has 28 heavy (non-hydrogen) atoms. The first-order valence-corrected chi connectivity index (χ1v) is 9.84. The molecule has 0 aliphatic carbocycles. The summed E-state index contributed by atoms with van der Waals surface area (Å²) in [6, 6.07) is 14.0. The maximum atomic E-state index is 12.5. The van der Waals surface area contributed by atoms with Gasteiger partial charge in [-0.25, -0.2) is 10.4 Å². The van der Waals surface area contributed by atoms with Crippen LogP contribution in [0, 0.1) is 6.92 Å². The van der Waals surface area contributed by atoms with Gasteiger partial charge in [0.25, 0.3) is 5.91 Å². The Kier molecular flexibility index (Phi) is 5.37. The fraction of sp³-hybridized carbons (Fsp3) is 0.318. The number of aryl methyl sites for hydroxylation is 1. The second-order valence-corrected chi connectivity index (χ2v) is 7.17. The van der Waals surface area contributed by atoms with E-state index in [1.54, 1.807) is 10.6 Å². The summed E-state index contributed by atoms with van der Waals surface area (Å²) in [5.74, 6) is -0.270. The van der Waals surface area contributed by atoms with Crippen molar-refractivity contribution < 1.29 is 4.79 Å². The van der Waals surface area contributed by atoms with Crippen molar-refractivity contribution in [1.29, 1.82) is 0 Å². The maximum Gasteiger partial charge on any atom is 0.290 e. The van der Waals surface area contributed by atoms with E-state index in [1.807, 2.05) is 43.5 Å². The van der Waals surface area contributed by atoms with Crippen LogP contribution in [0.15, 0.2) is 53.8 Å². The highest BCUT2D eigenvalue weighted by molar-refractivity contribution is 5.95. The van der Waals surface area contributed by atoms with Gasteiger partial charge < -0.3 is 4.90 Å². The fourth-order valence-corrected chi connectivity index (χ4v) is 3.71. The zero-order chi connectivity index (χ0) is 19.3. The molecule has 3 aromatic rings. The molecule has 4 rings (SSSR count). The molecule has 3 heterocycles. The van der Waals surface area contributed by atoms with E-state index < -0.39 is 0 Å². The zero-order valence-corrected chi connectivity index (χ0v) is 16.1. The largest absolute Gasteiger partial charge is 0.372 e. The van der Waals surface area contributed by atoms with Crippen LogP contribution in [0.2, 0.25) is 0 Å². The molecule has 1 aliphatic rings. The molecule has 144 valence electrons. The van der Waals surface area contributed by atoms with Crippen LogP contribution in [0.5, 0.6) is 0 Å². The zero-order valence-electron chi connectivity index (χ0n) is 16.1. The maximum absolute atomic E-state index is 12.5. The molecule has 1 aromatic carbocycles. The summed E-state index contributed by atoms with van der Waals surface area (Å²) < 4.78 is 1.77. The van der Waals surface area contributed by atoms with Crippen LogP contribution in [0.3, 0.4) is 0 Å². The summed E-state index contributed by atoms with van der Waals surface area (Å²) in [4.78, 5) is 19.4. The monoisotopic (exact) mass is 375 g/mol. The molecule has 0 radical (unpaired) electrons. The molecule has 1 saturated heterocycles. The lowest BCUT2D eigenvalue weighted by molar-refractivity contribution is 0.0948. The van der Waals surface area contributed by atoms with Crippen molar-refractivity contribution in [2.75, 3.05) is 18.0 Å². The predicted octanol–water partition coefficient (Wildman–Crippen LogP) is 3.79. The highest BCUT2D eigenvalue weighted by Gasteiger charge is 2.15. The Morgan fingerprint density at radius 3 is 2.57 bits per heavy atom. The lowest BCUT2D eigenvalue weighted by Gasteiger charge is -2.22. The third kappa shape index (κ3) is 3.91. The molecule has 2 aromatic heterocycles. The average molecular weight is 375 g/mol. The van der Waals surface area contributed by atoms with E-state index in [0.717, 1.165) is 24.3 Å². The molecule has 6 nitrogen and oxygen atoms in total. The Morgan fingerprint density at radius 2 is 1.82 bits per heavy atom. The van der Waals surface area contributed by atoms with Crippen molar-refractivity contribution >= 4 is 23.5 Å². The normalized spacial score (nSPS) is 15.1. The van der Waals surface area contributed by atoms with Gasteiger partial charge in [0, 0.05) is 25.0 Å². The highest BCUT2D eigenvalue weighted by Crippen LogP contribution is 2.19. The van der Waals surface area contributed by atoms with Crippen molar-refractivity contribution in [1.82, 2.24) is 14.8 Å². The van der Waals surface area contributed by atoms with Crippen LogP contribution in [0.4, 0.5) is 5.69 Å². The molecule has 0 bridgehead atoms. The first-order chi connectivity index (χ1) is 13.7. The van der Waals surface area contributed by atoms with Crippen LogP contribution < -0.4 is 10.3 Å². The Bertz CT molecular complexity index is 982. The van der Waals surface area contributed by atoms with E-state index in [4.69, 9.17) is 0 Å². The van der Waals surface area contributed by atoms with E-state index in [-0.39, 0.29) is 5.91 Å². The van der Waals surface area contributed by atoms with Crippen LogP contribution in [0.25, 0.3) is 5.65 Å². The number of hydrogen-bond donors (Lipinski definition) is 1. The van der Waals surface area contributed by atoms with Gasteiger partial charge in [0.05, 0.1) is 11.9 Å². The number of hydrazone groups is 1. The number of imidazole rings is 1. The van der Waals surface area contributed by atoms with Gasteiger partial charge >= 0.3 is 0 Å². The minimum atomic E-state index is -0.270. The molecule has 0 unspecified atom stereocenters. The summed E-state index contributed by atoms with van der Waals surface area (Å²) in [5, 5.41) is 4.12. The van der Waals surface area contributed by atoms with Gasteiger partial charge in [0.1, 0.15) is 11.3 Å². The van der Waals surface area contributed by atoms with Crippen LogP contribution in [-0.2, 0) is 0 Å². The smallest absolute Gasteiger partial charge is 0.290 e. The number of nitrogens with zero attached hydrogens (tertiary/aromatic N) is 4. The lowest BCUT2D eigenvalue weighted by Crippen LogP contribution is -2.23. The molecule has 1 fully saturated rings. The molecule has 0 atom stereocenters. The highest BCUT2D eigenvalue weighted by atomic mass is 16.2. The number of aromatic nitrogens is 2. The number of carbonyl (C=O) groups is 1. The van der Waals surface area contributed by atoms with Gasteiger partial charge in [-0.2, -0.15) is 5.10 Å². The van der Waals surface area contributed by atoms with Crippen molar-refractivity contribution in [3.8, 4) is 0 Å². The predicted molar refractivity (Wildman–Crippen MR) is 112 cm³/mol. The summed E-state index contributed by atoms with van der Waals surface area (Å²) in [6.45, 7) is 4.08. The molecule has 0 saturated carbocycles. The number of benzene rings is 1. The average Bonchev–Trinajstić information content (AvgIpc) is 2.87. The Hall–Kier alpha value is -3.15. The number of hydrogen-bond acceptors (Lipinski definition) is 4. The van der Waals surface area contributed by atoms with Gasteiger partial charge in [-0.1, -0.05) is 31.0 Å². The van der Waals surface area contributed by atoms with E-state index in [9.17, 15) is 4.79 Å². The Balaban J connectivity index is 1.41. The van der Waals surface area contributed by atoms with Crippen LogP contribution >= 0.6 is 0 Å². The standard InChI is InChI=1S/C22H25N5O/c1-17-21(27-15-7-4-8-20(27)24-17)22(28)25-23-16-18-9-11-19(12-10-18)26-13-5-2-3-6-14-26/h4,7-12,15-16H,2-3,5-6,13-14H2,1H3,(H,25,28)/b23-16-. The van der Waals surface area contributed by atoms with E-state index in [2.05, 4.69) is 32.5 Å². The van der Waals surface area contributed by atoms with Gasteiger partial charge in [-0.05, 0) is 49.6 Å². The van der Waals surface area contributed by atoms with E-state index in [1.165, 1.54) is 31.4 Å². The molecular weight excluding hydrogens is 350 g/mol. The molecule has 6 heteroatoms. The van der Waals surface area contributed by atoms with Gasteiger partial charge in [-0.3, -0.25) is 9.20 Å². The third-order valence-electron chi connectivity index (χ3n) is 5.16. The number of anilines is 1. The van der Waals surface area contributed by atoms with Crippen LogP contribution in [-0.4, -0.2) is 34.6 Å². The molecule has 0 spiro atoms. The third-order valence-corrected chi connectivity index (χ3v) is 5.16. The van der Waals surface area contributed by atoms with Gasteiger partial charge in [-0.15, -0.1) is 0 Å². The first-order valence-electron chi connectivity index (χ1n) is 9.84. The number of carbonyl (C=O) groups excluding carboxylic acids is 1. The molecular formula is C22H25N5O. The van der Waals surface area contributed by atoms with Crippen molar-refractivity contribution in [3.63, 3.8) is 0 Å². The summed E-state index contributed by atoms with van der Waals surface area (Å²) >= 11 is 0. The summed E-state index contributed by atoms with van der Waals surface area (Å²) in [6.07, 6.45) is 8.67. The van der Waals surface area contributed by atoms with E-state index >= 15 is 0 Å². The Labute approximate surface area is 164 Å². The lowest BCUT2D eigenvalue weighted by atomic mass is 10.2. The molecule has 1 aliphatic heterocycles. The number of pyridine rings is 1. The van der Waals surface area contributed by atoms with Crippen molar-refractivity contribution in [2.24, 2.45) is 5.10 Å². The van der Waals surface area contributed by atoms with E-state index in [0.29, 0.717) is 11.4 Å². The topological polar surface area (TPSA) is 62.0 Å². The minimum absolute atomic E-state index is 0.270. The number of rotatable bonds is 4. The quantitative estimate of drug-likeness (QED) is 0.557. The molecule has 1 amide bonds. The van der Waals surface area contributed by atoms with Crippen LogP contribution in [0.1, 0.15) is 47.4 Å². The second kappa shape index (κ2) is 8.25. The van der Waals surface area contributed by atoms with Crippen molar-refractivity contribution in [2.45, 2.75) is 32.6 Å². The number of amides is 1. The summed E-state index contributed by atoms with van der Waals surface area (Å²) in [7, 11) is 0. The fourth-order valence-electron chi connectivity index (χ4n) is 3.71. The SMILES string of the molecule is Cc1nc2ccccn2c1C(=O)N/N=C\c1ccc(N2CCCCCC2)cc1. The van der Waals surface area contributed by atoms with Gasteiger partial charge in [0.15, 0.2) is 0 Å². The number of nitrogens with one attached hydrogen (secondary N) is 1. The summed E-state index contributed by atoms with van der Waals surface area (Å²) in [5.41, 5.74) is 6.75. The first kappa shape index (κ1) is 18.2. The number of fused-ring (bicyclic) bond motifs is 1. The Morgan fingerprint density at radius 1 is 1.07 bits per heavy atom. The molecule has 1 N–H and O–H groups in total. The van der Waals surface area contributed by atoms with Gasteiger partial charge in [0.2, 0.25) is 0 Å².